The molecular formula is C17H19BrN2S. The van der Waals surface area contributed by atoms with E-state index in [1.165, 1.54) is 18.4 Å². The summed E-state index contributed by atoms with van der Waals surface area (Å²) in [4.78, 5) is 0. The molecule has 21 heavy (non-hydrogen) atoms. The van der Waals surface area contributed by atoms with E-state index in [9.17, 15) is 0 Å². The van der Waals surface area contributed by atoms with Gasteiger partial charge in [-0.15, -0.1) is 0 Å². The highest BCUT2D eigenvalue weighted by atomic mass is 79.9. The van der Waals surface area contributed by atoms with Crippen LogP contribution < -0.4 is 10.6 Å². The molecule has 0 unspecified atom stereocenters. The van der Waals surface area contributed by atoms with Crippen LogP contribution in [0.15, 0.2) is 53.0 Å². The molecule has 0 aliphatic heterocycles. The van der Waals surface area contributed by atoms with Gasteiger partial charge in [-0.05, 0) is 67.0 Å². The predicted molar refractivity (Wildman–Crippen MR) is 99.0 cm³/mol. The fraction of sp³-hybridized carbons (Fsp3) is 0.235. The summed E-state index contributed by atoms with van der Waals surface area (Å²) in [6, 6.07) is 16.4. The van der Waals surface area contributed by atoms with Gasteiger partial charge in [-0.25, -0.2) is 0 Å². The molecule has 2 nitrogen and oxygen atoms in total. The van der Waals surface area contributed by atoms with E-state index in [1.807, 2.05) is 24.3 Å². The molecule has 0 atom stereocenters. The number of rotatable bonds is 5. The second-order valence-corrected chi connectivity index (χ2v) is 6.21. The Hall–Kier alpha value is -1.39. The van der Waals surface area contributed by atoms with E-state index < -0.39 is 0 Å². The second kappa shape index (κ2) is 8.15. The first-order chi connectivity index (χ1) is 10.2. The fourth-order valence-corrected chi connectivity index (χ4v) is 2.46. The van der Waals surface area contributed by atoms with Gasteiger partial charge in [0, 0.05) is 15.8 Å². The van der Waals surface area contributed by atoms with Crippen LogP contribution in [0.3, 0.4) is 0 Å². The van der Waals surface area contributed by atoms with Crippen molar-refractivity contribution in [1.29, 1.82) is 0 Å². The lowest BCUT2D eigenvalue weighted by atomic mass is 10.1. The minimum atomic E-state index is 0.596. The zero-order valence-corrected chi connectivity index (χ0v) is 14.4. The molecule has 0 spiro atoms. The summed E-state index contributed by atoms with van der Waals surface area (Å²) in [7, 11) is 0. The molecule has 2 rings (SSSR count). The maximum absolute atomic E-state index is 5.32. The van der Waals surface area contributed by atoms with Gasteiger partial charge in [0.25, 0.3) is 0 Å². The zero-order chi connectivity index (χ0) is 15.1. The van der Waals surface area contributed by atoms with Crippen LogP contribution in [0.5, 0.6) is 0 Å². The topological polar surface area (TPSA) is 24.1 Å². The van der Waals surface area contributed by atoms with E-state index in [0.717, 1.165) is 22.3 Å². The number of halogens is 1. The molecule has 2 aromatic rings. The first-order valence-corrected chi connectivity index (χ1v) is 8.30. The zero-order valence-electron chi connectivity index (χ0n) is 12.0. The van der Waals surface area contributed by atoms with Gasteiger partial charge in [-0.2, -0.15) is 0 Å². The highest BCUT2D eigenvalue weighted by Crippen LogP contribution is 2.15. The number of aryl methyl sites for hydroxylation is 1. The highest BCUT2D eigenvalue weighted by Gasteiger charge is 1.99. The van der Waals surface area contributed by atoms with Crippen LogP contribution in [0.2, 0.25) is 0 Å². The Morgan fingerprint density at radius 2 is 1.48 bits per heavy atom. The monoisotopic (exact) mass is 362 g/mol. The first kappa shape index (κ1) is 16.0. The smallest absolute Gasteiger partial charge is 0.175 e. The molecule has 0 amide bonds. The second-order valence-electron chi connectivity index (χ2n) is 4.89. The van der Waals surface area contributed by atoms with Gasteiger partial charge in [-0.1, -0.05) is 41.4 Å². The molecule has 110 valence electrons. The molecule has 0 saturated heterocycles. The third kappa shape index (κ3) is 5.48. The normalized spacial score (nSPS) is 10.2. The molecule has 0 aromatic heterocycles. The van der Waals surface area contributed by atoms with E-state index in [0.29, 0.717) is 5.11 Å². The van der Waals surface area contributed by atoms with E-state index >= 15 is 0 Å². The highest BCUT2D eigenvalue weighted by molar-refractivity contribution is 9.10. The van der Waals surface area contributed by atoms with Crippen molar-refractivity contribution in [2.24, 2.45) is 0 Å². The summed E-state index contributed by atoms with van der Waals surface area (Å²) >= 11 is 8.73. The summed E-state index contributed by atoms with van der Waals surface area (Å²) < 4.78 is 1.05. The number of unbranched alkanes of at least 4 members (excludes halogenated alkanes) is 1. The van der Waals surface area contributed by atoms with E-state index in [-0.39, 0.29) is 0 Å². The van der Waals surface area contributed by atoms with Crippen molar-refractivity contribution >= 4 is 44.6 Å². The van der Waals surface area contributed by atoms with Gasteiger partial charge in [-0.3, -0.25) is 0 Å². The predicted octanol–water partition coefficient (Wildman–Crippen LogP) is 5.60. The molecule has 0 fully saturated rings. The summed E-state index contributed by atoms with van der Waals surface area (Å²) in [6.07, 6.45) is 3.59. The average Bonchev–Trinajstić information content (AvgIpc) is 2.49. The summed E-state index contributed by atoms with van der Waals surface area (Å²) in [5, 5.41) is 6.96. The standard InChI is InChI=1S/C17H19BrN2S/c1-2-3-4-13-5-9-15(10-6-13)19-17(21)20-16-11-7-14(18)8-12-16/h5-12H,2-4H2,1H3,(H2,19,20,21). The van der Waals surface area contributed by atoms with Crippen LogP contribution in [0.25, 0.3) is 0 Å². The van der Waals surface area contributed by atoms with Crippen LogP contribution in [0, 0.1) is 0 Å². The summed E-state index contributed by atoms with van der Waals surface area (Å²) in [6.45, 7) is 2.21. The number of anilines is 2. The van der Waals surface area contributed by atoms with Crippen molar-refractivity contribution in [2.75, 3.05) is 10.6 Å². The van der Waals surface area contributed by atoms with Crippen molar-refractivity contribution in [3.05, 3.63) is 58.6 Å². The van der Waals surface area contributed by atoms with Crippen LogP contribution in [-0.4, -0.2) is 5.11 Å². The van der Waals surface area contributed by atoms with Crippen molar-refractivity contribution in [2.45, 2.75) is 26.2 Å². The third-order valence-corrected chi connectivity index (χ3v) is 3.87. The van der Waals surface area contributed by atoms with Gasteiger partial charge < -0.3 is 10.6 Å². The Balaban J connectivity index is 1.88. The third-order valence-electron chi connectivity index (χ3n) is 3.13. The van der Waals surface area contributed by atoms with Gasteiger partial charge >= 0.3 is 0 Å². The maximum atomic E-state index is 5.32. The molecule has 0 heterocycles. The van der Waals surface area contributed by atoms with Crippen molar-refractivity contribution < 1.29 is 0 Å². The number of thiocarbonyl (C=S) groups is 1. The van der Waals surface area contributed by atoms with E-state index in [1.54, 1.807) is 0 Å². The van der Waals surface area contributed by atoms with Gasteiger partial charge in [0.15, 0.2) is 5.11 Å². The molecule has 4 heteroatoms. The SMILES string of the molecule is CCCCc1ccc(NC(=S)Nc2ccc(Br)cc2)cc1. The number of hydrogen-bond acceptors (Lipinski definition) is 1. The quantitative estimate of drug-likeness (QED) is 0.676. The molecular weight excluding hydrogens is 344 g/mol. The van der Waals surface area contributed by atoms with Crippen LogP contribution in [0.1, 0.15) is 25.3 Å². The summed E-state index contributed by atoms with van der Waals surface area (Å²) in [5.74, 6) is 0. The number of benzene rings is 2. The molecule has 0 radical (unpaired) electrons. The Bertz CT molecular complexity index is 579. The molecule has 0 aliphatic rings. The van der Waals surface area contributed by atoms with Crippen LogP contribution in [0.4, 0.5) is 11.4 Å². The van der Waals surface area contributed by atoms with E-state index in [2.05, 4.69) is 57.8 Å². The van der Waals surface area contributed by atoms with Crippen molar-refractivity contribution in [3.63, 3.8) is 0 Å². The van der Waals surface area contributed by atoms with Crippen molar-refractivity contribution in [3.8, 4) is 0 Å². The Labute approximate surface area is 140 Å². The first-order valence-electron chi connectivity index (χ1n) is 7.10. The van der Waals surface area contributed by atoms with E-state index in [4.69, 9.17) is 12.2 Å². The molecule has 2 aromatic carbocycles. The molecule has 0 aliphatic carbocycles. The van der Waals surface area contributed by atoms with Gasteiger partial charge in [0.1, 0.15) is 0 Å². The van der Waals surface area contributed by atoms with Crippen molar-refractivity contribution in [1.82, 2.24) is 0 Å². The van der Waals surface area contributed by atoms with Gasteiger partial charge in [0.2, 0.25) is 0 Å². The lowest BCUT2D eigenvalue weighted by Gasteiger charge is -2.11. The largest absolute Gasteiger partial charge is 0.332 e. The van der Waals surface area contributed by atoms with Crippen LogP contribution in [-0.2, 0) is 6.42 Å². The summed E-state index contributed by atoms with van der Waals surface area (Å²) in [5.41, 5.74) is 3.34. The van der Waals surface area contributed by atoms with Gasteiger partial charge in [0.05, 0.1) is 0 Å². The molecule has 0 saturated carbocycles. The Morgan fingerprint density at radius 3 is 2.00 bits per heavy atom. The minimum absolute atomic E-state index is 0.596. The number of nitrogens with one attached hydrogen (secondary N) is 2. The Morgan fingerprint density at radius 1 is 0.952 bits per heavy atom. The minimum Gasteiger partial charge on any atom is -0.332 e. The lowest BCUT2D eigenvalue weighted by molar-refractivity contribution is 0.795. The average molecular weight is 363 g/mol. The Kier molecular flexibility index (Phi) is 6.21. The molecule has 2 N–H and O–H groups in total. The maximum Gasteiger partial charge on any atom is 0.175 e. The lowest BCUT2D eigenvalue weighted by Crippen LogP contribution is -2.18. The fourth-order valence-electron chi connectivity index (χ4n) is 1.96. The van der Waals surface area contributed by atoms with Crippen LogP contribution >= 0.6 is 28.1 Å². The molecule has 0 bridgehead atoms. The number of hydrogen-bond donors (Lipinski definition) is 2.